The lowest BCUT2D eigenvalue weighted by Crippen LogP contribution is -2.41. The van der Waals surface area contributed by atoms with Crippen LogP contribution in [0.4, 0.5) is 0 Å². The molecule has 0 spiro atoms. The summed E-state index contributed by atoms with van der Waals surface area (Å²) in [6.45, 7) is 1.84. The molecule has 1 amide bonds. The highest BCUT2D eigenvalue weighted by atomic mass is 16.6. The number of benzene rings is 2. The number of aryl methyl sites for hydroxylation is 1. The van der Waals surface area contributed by atoms with Crippen molar-refractivity contribution in [1.82, 2.24) is 4.90 Å². The van der Waals surface area contributed by atoms with Crippen LogP contribution in [0.5, 0.6) is 11.5 Å². The smallest absolute Gasteiger partial charge is 0.311 e. The molecule has 160 valence electrons. The van der Waals surface area contributed by atoms with Gasteiger partial charge < -0.3 is 19.1 Å². The minimum Gasteiger partial charge on any atom is -0.493 e. The number of ether oxygens (including phenoxy) is 3. The Bertz CT molecular complexity index is 989. The zero-order valence-electron chi connectivity index (χ0n) is 17.4. The van der Waals surface area contributed by atoms with Crippen LogP contribution in [0.1, 0.15) is 17.5 Å². The van der Waals surface area contributed by atoms with Crippen LogP contribution < -0.4 is 9.47 Å². The number of morpholine rings is 1. The molecule has 0 aromatic heterocycles. The van der Waals surface area contributed by atoms with Crippen molar-refractivity contribution in [3.63, 3.8) is 0 Å². The molecule has 0 N–H and O–H groups in total. The van der Waals surface area contributed by atoms with E-state index >= 15 is 0 Å². The highest BCUT2D eigenvalue weighted by molar-refractivity contribution is 6.01. The van der Waals surface area contributed by atoms with Gasteiger partial charge in [0.2, 0.25) is 0 Å². The second-order valence-corrected chi connectivity index (χ2v) is 6.94. The van der Waals surface area contributed by atoms with E-state index in [4.69, 9.17) is 14.2 Å². The van der Waals surface area contributed by atoms with Gasteiger partial charge in [-0.2, -0.15) is 5.26 Å². The van der Waals surface area contributed by atoms with Gasteiger partial charge in [-0.25, -0.2) is 0 Å². The molecule has 1 fully saturated rings. The average molecular weight is 420 g/mol. The maximum absolute atomic E-state index is 12.6. The quantitative estimate of drug-likeness (QED) is 0.296. The van der Waals surface area contributed by atoms with Crippen molar-refractivity contribution in [2.45, 2.75) is 12.8 Å². The molecule has 2 aromatic rings. The molecule has 0 saturated carbocycles. The third-order valence-corrected chi connectivity index (χ3v) is 4.83. The first-order valence-corrected chi connectivity index (χ1v) is 10.0. The Balaban J connectivity index is 1.68. The second-order valence-electron chi connectivity index (χ2n) is 6.94. The summed E-state index contributed by atoms with van der Waals surface area (Å²) in [5.41, 5.74) is 1.68. The van der Waals surface area contributed by atoms with Crippen molar-refractivity contribution in [2.24, 2.45) is 0 Å². The molecule has 0 bridgehead atoms. The number of carbonyl (C=O) groups excluding carboxylic acids is 2. The molecule has 1 saturated heterocycles. The van der Waals surface area contributed by atoms with E-state index < -0.39 is 0 Å². The second kappa shape index (κ2) is 11.0. The van der Waals surface area contributed by atoms with E-state index in [-0.39, 0.29) is 29.6 Å². The lowest BCUT2D eigenvalue weighted by Gasteiger charge is -2.26. The first kappa shape index (κ1) is 22.1. The normalized spacial score (nSPS) is 13.9. The Morgan fingerprint density at radius 1 is 1.13 bits per heavy atom. The number of amides is 1. The average Bonchev–Trinajstić information content (AvgIpc) is 2.82. The number of nitriles is 1. The van der Waals surface area contributed by atoms with E-state index in [1.54, 1.807) is 23.1 Å². The van der Waals surface area contributed by atoms with Crippen LogP contribution in [0.15, 0.2) is 54.1 Å². The highest BCUT2D eigenvalue weighted by Crippen LogP contribution is 2.29. The molecule has 1 heterocycles. The first-order valence-electron chi connectivity index (χ1n) is 10.0. The van der Waals surface area contributed by atoms with Crippen molar-refractivity contribution in [2.75, 3.05) is 33.4 Å². The summed E-state index contributed by atoms with van der Waals surface area (Å²) in [5.74, 6) is -0.0690. The summed E-state index contributed by atoms with van der Waals surface area (Å²) in [6, 6.07) is 16.6. The molecule has 3 rings (SSSR count). The van der Waals surface area contributed by atoms with E-state index in [1.807, 2.05) is 36.4 Å². The SMILES string of the molecule is COc1cc(/C=C(\C#N)C(=O)N2CCOCC2)ccc1OC(=O)CCc1ccccc1. The van der Waals surface area contributed by atoms with Crippen molar-refractivity contribution in [3.8, 4) is 17.6 Å². The molecule has 31 heavy (non-hydrogen) atoms. The van der Waals surface area contributed by atoms with Crippen molar-refractivity contribution in [3.05, 3.63) is 65.2 Å². The van der Waals surface area contributed by atoms with Crippen LogP contribution >= 0.6 is 0 Å². The number of hydrogen-bond acceptors (Lipinski definition) is 6. The number of hydrogen-bond donors (Lipinski definition) is 0. The summed E-state index contributed by atoms with van der Waals surface area (Å²) in [6.07, 6.45) is 2.32. The predicted octanol–water partition coefficient (Wildman–Crippen LogP) is 3.00. The zero-order valence-corrected chi connectivity index (χ0v) is 17.4. The Morgan fingerprint density at radius 3 is 2.55 bits per heavy atom. The summed E-state index contributed by atoms with van der Waals surface area (Å²) in [5, 5.41) is 9.44. The number of carbonyl (C=O) groups is 2. The van der Waals surface area contributed by atoms with Crippen molar-refractivity contribution in [1.29, 1.82) is 5.26 Å². The first-order chi connectivity index (χ1) is 15.1. The molecular formula is C24H24N2O5. The molecule has 1 aliphatic heterocycles. The van der Waals surface area contributed by atoms with Crippen LogP contribution in [0.25, 0.3) is 6.08 Å². The Kier molecular flexibility index (Phi) is 7.79. The van der Waals surface area contributed by atoms with Crippen LogP contribution in [0, 0.1) is 11.3 Å². The van der Waals surface area contributed by atoms with Gasteiger partial charge in [0, 0.05) is 19.5 Å². The maximum Gasteiger partial charge on any atom is 0.311 e. The molecule has 7 heteroatoms. The maximum atomic E-state index is 12.6. The fourth-order valence-corrected chi connectivity index (χ4v) is 3.17. The van der Waals surface area contributed by atoms with Crippen molar-refractivity contribution >= 4 is 18.0 Å². The third kappa shape index (κ3) is 6.17. The lowest BCUT2D eigenvalue weighted by atomic mass is 10.1. The minimum absolute atomic E-state index is 0.0246. The van der Waals surface area contributed by atoms with Gasteiger partial charge in [-0.3, -0.25) is 9.59 Å². The zero-order chi connectivity index (χ0) is 22.1. The van der Waals surface area contributed by atoms with Crippen molar-refractivity contribution < 1.29 is 23.8 Å². The summed E-state index contributed by atoms with van der Waals surface area (Å²) in [4.78, 5) is 26.4. The van der Waals surface area contributed by atoms with E-state index in [9.17, 15) is 14.9 Å². The topological polar surface area (TPSA) is 88.9 Å². The Labute approximate surface area is 181 Å². The fraction of sp³-hybridized carbons (Fsp3) is 0.292. The van der Waals surface area contributed by atoms with Gasteiger partial charge in [-0.15, -0.1) is 0 Å². The number of nitrogens with zero attached hydrogens (tertiary/aromatic N) is 2. The summed E-state index contributed by atoms with van der Waals surface area (Å²) < 4.78 is 16.0. The molecule has 2 aromatic carbocycles. The fourth-order valence-electron chi connectivity index (χ4n) is 3.17. The number of esters is 1. The molecule has 0 radical (unpaired) electrons. The number of methoxy groups -OCH3 is 1. The Hall–Kier alpha value is -3.63. The summed E-state index contributed by atoms with van der Waals surface area (Å²) >= 11 is 0. The number of rotatable bonds is 7. The van der Waals surface area contributed by atoms with Gasteiger partial charge in [0.05, 0.1) is 20.3 Å². The van der Waals surface area contributed by atoms with Gasteiger partial charge in [-0.1, -0.05) is 36.4 Å². The van der Waals surface area contributed by atoms with E-state index in [0.29, 0.717) is 44.0 Å². The van der Waals surface area contributed by atoms with Gasteiger partial charge >= 0.3 is 5.97 Å². The van der Waals surface area contributed by atoms with Gasteiger partial charge in [0.15, 0.2) is 11.5 Å². The molecule has 7 nitrogen and oxygen atoms in total. The Morgan fingerprint density at radius 2 is 1.87 bits per heavy atom. The largest absolute Gasteiger partial charge is 0.493 e. The van der Waals surface area contributed by atoms with Gasteiger partial charge in [0.1, 0.15) is 11.6 Å². The summed E-state index contributed by atoms with van der Waals surface area (Å²) in [7, 11) is 1.47. The van der Waals surface area contributed by atoms with E-state index in [2.05, 4.69) is 0 Å². The molecule has 0 atom stereocenters. The third-order valence-electron chi connectivity index (χ3n) is 4.83. The van der Waals surface area contributed by atoms with Crippen LogP contribution in [-0.2, 0) is 20.7 Å². The highest BCUT2D eigenvalue weighted by Gasteiger charge is 2.21. The monoisotopic (exact) mass is 420 g/mol. The molecule has 0 unspecified atom stereocenters. The predicted molar refractivity (Wildman–Crippen MR) is 114 cm³/mol. The van der Waals surface area contributed by atoms with Crippen LogP contribution in [-0.4, -0.2) is 50.2 Å². The van der Waals surface area contributed by atoms with Crippen LogP contribution in [0.3, 0.4) is 0 Å². The molecule has 1 aliphatic rings. The lowest BCUT2D eigenvalue weighted by molar-refractivity contribution is -0.134. The van der Waals surface area contributed by atoms with E-state index in [0.717, 1.165) is 5.56 Å². The van der Waals surface area contributed by atoms with E-state index in [1.165, 1.54) is 13.2 Å². The van der Waals surface area contributed by atoms with Gasteiger partial charge in [0.25, 0.3) is 5.91 Å². The molecular weight excluding hydrogens is 396 g/mol. The standard InChI is InChI=1S/C24H24N2O5/c1-29-22-16-19(15-20(17-25)24(28)26-11-13-30-14-12-26)7-9-21(22)31-23(27)10-8-18-5-3-2-4-6-18/h2-7,9,15-16H,8,10-14H2,1H3/b20-15+. The van der Waals surface area contributed by atoms with Crippen LogP contribution in [0.2, 0.25) is 0 Å². The molecule has 0 aliphatic carbocycles. The minimum atomic E-state index is -0.370. The van der Waals surface area contributed by atoms with Gasteiger partial charge in [-0.05, 0) is 35.8 Å².